The van der Waals surface area contributed by atoms with Gasteiger partial charge in [-0.25, -0.2) is 0 Å². The molecule has 0 bridgehead atoms. The van der Waals surface area contributed by atoms with Crippen LogP contribution in [0.15, 0.2) is 12.7 Å². The standard InChI is InChI=1S/C11H22N2S/c1-3-4-5-6-10(12)11-9-14-8-7-13(11)2/h3,10-11H,1,4-9,12H2,2H3. The molecule has 1 aliphatic rings. The van der Waals surface area contributed by atoms with Crippen molar-refractivity contribution in [3.8, 4) is 0 Å². The maximum absolute atomic E-state index is 6.19. The van der Waals surface area contributed by atoms with Gasteiger partial charge in [0.05, 0.1) is 0 Å². The third-order valence-corrected chi connectivity index (χ3v) is 3.93. The van der Waals surface area contributed by atoms with Gasteiger partial charge in [0, 0.05) is 30.1 Å². The van der Waals surface area contributed by atoms with E-state index in [0.717, 1.165) is 12.8 Å². The Bertz CT molecular complexity index is 173. The van der Waals surface area contributed by atoms with Gasteiger partial charge in [0.25, 0.3) is 0 Å². The Morgan fingerprint density at radius 1 is 1.71 bits per heavy atom. The number of hydrogen-bond donors (Lipinski definition) is 1. The summed E-state index contributed by atoms with van der Waals surface area (Å²) < 4.78 is 0. The highest BCUT2D eigenvalue weighted by Gasteiger charge is 2.24. The lowest BCUT2D eigenvalue weighted by atomic mass is 10.0. The van der Waals surface area contributed by atoms with E-state index in [4.69, 9.17) is 5.73 Å². The van der Waals surface area contributed by atoms with E-state index in [1.807, 2.05) is 17.8 Å². The first-order valence-corrected chi connectivity index (χ1v) is 6.55. The molecule has 2 atom stereocenters. The predicted octanol–water partition coefficient (Wildman–Crippen LogP) is 1.72. The van der Waals surface area contributed by atoms with Gasteiger partial charge >= 0.3 is 0 Å². The zero-order valence-corrected chi connectivity index (χ0v) is 9.93. The maximum atomic E-state index is 6.19. The molecule has 1 heterocycles. The van der Waals surface area contributed by atoms with Gasteiger partial charge < -0.3 is 10.6 Å². The van der Waals surface area contributed by atoms with E-state index in [-0.39, 0.29) is 0 Å². The third kappa shape index (κ3) is 3.64. The number of nitrogens with zero attached hydrogens (tertiary/aromatic N) is 1. The van der Waals surface area contributed by atoms with Crippen LogP contribution in [0, 0.1) is 0 Å². The Balaban J connectivity index is 2.26. The van der Waals surface area contributed by atoms with Gasteiger partial charge in [-0.15, -0.1) is 6.58 Å². The molecular weight excluding hydrogens is 192 g/mol. The number of likely N-dealkylation sites (N-methyl/N-ethyl adjacent to an activating group) is 1. The van der Waals surface area contributed by atoms with Crippen molar-refractivity contribution in [2.24, 2.45) is 5.73 Å². The first kappa shape index (κ1) is 12.1. The van der Waals surface area contributed by atoms with E-state index in [1.54, 1.807) is 0 Å². The molecule has 0 aromatic rings. The van der Waals surface area contributed by atoms with Crippen LogP contribution in [-0.4, -0.2) is 42.1 Å². The summed E-state index contributed by atoms with van der Waals surface area (Å²) in [5.74, 6) is 2.46. The van der Waals surface area contributed by atoms with Crippen molar-refractivity contribution in [1.82, 2.24) is 4.90 Å². The van der Waals surface area contributed by atoms with Crippen LogP contribution < -0.4 is 5.73 Å². The normalized spacial score (nSPS) is 26.0. The van der Waals surface area contributed by atoms with Gasteiger partial charge in [0.2, 0.25) is 0 Å². The number of rotatable bonds is 5. The lowest BCUT2D eigenvalue weighted by molar-refractivity contribution is 0.229. The van der Waals surface area contributed by atoms with Crippen LogP contribution in [0.4, 0.5) is 0 Å². The van der Waals surface area contributed by atoms with Crippen LogP contribution >= 0.6 is 11.8 Å². The average Bonchev–Trinajstić information content (AvgIpc) is 2.18. The second-order valence-electron chi connectivity index (χ2n) is 4.01. The van der Waals surface area contributed by atoms with Gasteiger partial charge in [0.1, 0.15) is 0 Å². The number of nitrogens with two attached hydrogens (primary N) is 1. The van der Waals surface area contributed by atoms with Crippen LogP contribution in [0.5, 0.6) is 0 Å². The first-order valence-electron chi connectivity index (χ1n) is 5.40. The molecule has 2 unspecified atom stereocenters. The van der Waals surface area contributed by atoms with Crippen molar-refractivity contribution in [2.75, 3.05) is 25.1 Å². The summed E-state index contributed by atoms with van der Waals surface area (Å²) in [4.78, 5) is 2.41. The van der Waals surface area contributed by atoms with Crippen molar-refractivity contribution in [1.29, 1.82) is 0 Å². The lowest BCUT2D eigenvalue weighted by Crippen LogP contribution is -2.50. The Kier molecular flexibility index (Phi) is 5.60. The van der Waals surface area contributed by atoms with E-state index in [2.05, 4.69) is 18.5 Å². The molecule has 82 valence electrons. The van der Waals surface area contributed by atoms with Crippen molar-refractivity contribution >= 4 is 11.8 Å². The largest absolute Gasteiger partial charge is 0.326 e. The number of allylic oxidation sites excluding steroid dienone is 1. The van der Waals surface area contributed by atoms with Crippen LogP contribution in [0.2, 0.25) is 0 Å². The minimum atomic E-state index is 0.341. The fraction of sp³-hybridized carbons (Fsp3) is 0.818. The zero-order chi connectivity index (χ0) is 10.4. The van der Waals surface area contributed by atoms with E-state index in [1.165, 1.54) is 24.5 Å². The highest BCUT2D eigenvalue weighted by atomic mass is 32.2. The Hall–Kier alpha value is 0.01000. The summed E-state index contributed by atoms with van der Waals surface area (Å²) in [6.07, 6.45) is 5.38. The molecule has 1 fully saturated rings. The number of hydrogen-bond acceptors (Lipinski definition) is 3. The minimum Gasteiger partial charge on any atom is -0.326 e. The number of unbranched alkanes of at least 4 members (excludes halogenated alkanes) is 1. The SMILES string of the molecule is C=CCCCC(N)C1CSCCN1C. The summed E-state index contributed by atoms with van der Waals surface area (Å²) in [6.45, 7) is 4.91. The molecule has 0 aromatic carbocycles. The Morgan fingerprint density at radius 2 is 2.50 bits per heavy atom. The van der Waals surface area contributed by atoms with E-state index >= 15 is 0 Å². The highest BCUT2D eigenvalue weighted by molar-refractivity contribution is 7.99. The predicted molar refractivity (Wildman–Crippen MR) is 65.8 cm³/mol. The summed E-state index contributed by atoms with van der Waals surface area (Å²) in [5, 5.41) is 0. The fourth-order valence-corrected chi connectivity index (χ4v) is 3.17. The topological polar surface area (TPSA) is 29.3 Å². The summed E-state index contributed by atoms with van der Waals surface area (Å²) in [6, 6.07) is 0.923. The van der Waals surface area contributed by atoms with Crippen molar-refractivity contribution < 1.29 is 0 Å². The summed E-state index contributed by atoms with van der Waals surface area (Å²) in [7, 11) is 2.19. The van der Waals surface area contributed by atoms with E-state index in [9.17, 15) is 0 Å². The third-order valence-electron chi connectivity index (χ3n) is 2.88. The molecule has 14 heavy (non-hydrogen) atoms. The molecule has 1 saturated heterocycles. The second-order valence-corrected chi connectivity index (χ2v) is 5.16. The second kappa shape index (κ2) is 6.49. The van der Waals surface area contributed by atoms with E-state index in [0.29, 0.717) is 12.1 Å². The molecule has 3 heteroatoms. The molecule has 0 radical (unpaired) electrons. The fourth-order valence-electron chi connectivity index (χ4n) is 1.85. The molecule has 0 spiro atoms. The van der Waals surface area contributed by atoms with Crippen LogP contribution in [-0.2, 0) is 0 Å². The van der Waals surface area contributed by atoms with Crippen LogP contribution in [0.25, 0.3) is 0 Å². The Labute approximate surface area is 91.9 Å². The molecule has 0 aromatic heterocycles. The van der Waals surface area contributed by atoms with Gasteiger partial charge in [-0.05, 0) is 26.3 Å². The first-order chi connectivity index (χ1) is 6.75. The number of thioether (sulfide) groups is 1. The summed E-state index contributed by atoms with van der Waals surface area (Å²) in [5.41, 5.74) is 6.19. The molecule has 1 aliphatic heterocycles. The minimum absolute atomic E-state index is 0.341. The van der Waals surface area contributed by atoms with Crippen molar-refractivity contribution in [3.63, 3.8) is 0 Å². The van der Waals surface area contributed by atoms with Gasteiger partial charge in [0.15, 0.2) is 0 Å². The smallest absolute Gasteiger partial charge is 0.0335 e. The maximum Gasteiger partial charge on any atom is 0.0335 e. The monoisotopic (exact) mass is 214 g/mol. The van der Waals surface area contributed by atoms with Gasteiger partial charge in [-0.2, -0.15) is 11.8 Å². The molecule has 2 nitrogen and oxygen atoms in total. The molecule has 2 N–H and O–H groups in total. The quantitative estimate of drug-likeness (QED) is 0.558. The van der Waals surface area contributed by atoms with Crippen molar-refractivity contribution in [2.45, 2.75) is 31.3 Å². The van der Waals surface area contributed by atoms with Gasteiger partial charge in [-0.1, -0.05) is 6.08 Å². The van der Waals surface area contributed by atoms with Crippen molar-refractivity contribution in [3.05, 3.63) is 12.7 Å². The Morgan fingerprint density at radius 3 is 3.14 bits per heavy atom. The highest BCUT2D eigenvalue weighted by Crippen LogP contribution is 2.18. The zero-order valence-electron chi connectivity index (χ0n) is 9.11. The molecular formula is C11H22N2S. The summed E-state index contributed by atoms with van der Waals surface area (Å²) >= 11 is 2.03. The lowest BCUT2D eigenvalue weighted by Gasteiger charge is -2.36. The van der Waals surface area contributed by atoms with Crippen LogP contribution in [0.1, 0.15) is 19.3 Å². The average molecular weight is 214 g/mol. The molecule has 0 saturated carbocycles. The molecule has 0 aliphatic carbocycles. The molecule has 0 amide bonds. The van der Waals surface area contributed by atoms with E-state index < -0.39 is 0 Å². The van der Waals surface area contributed by atoms with Crippen LogP contribution in [0.3, 0.4) is 0 Å². The molecule has 1 rings (SSSR count). The van der Waals surface area contributed by atoms with Gasteiger partial charge in [-0.3, -0.25) is 0 Å².